The quantitative estimate of drug-likeness (QED) is 0.281. The van der Waals surface area contributed by atoms with Gasteiger partial charge in [0, 0.05) is 25.3 Å². The number of benzene rings is 2. The van der Waals surface area contributed by atoms with Crippen LogP contribution in [0, 0.1) is 3.57 Å². The molecule has 0 bridgehead atoms. The summed E-state index contributed by atoms with van der Waals surface area (Å²) in [6.45, 7) is 2.71. The molecule has 2 aromatic carbocycles. The van der Waals surface area contributed by atoms with Crippen LogP contribution in [0.15, 0.2) is 42.5 Å². The Kier molecular flexibility index (Phi) is 6.48. The molecule has 0 unspecified atom stereocenters. The van der Waals surface area contributed by atoms with Gasteiger partial charge in [0.2, 0.25) is 0 Å². The molecule has 1 heterocycles. The standard InChI is InChI=1S/C22H18INO5/c1-13(25)28-20-12-16(24-19-7-5-4-6-17(19)20)9-8-15-10-18(23)22(29-14(2)26)21(11-15)27-3/h4-12H,1-3H3/b9-8+. The van der Waals surface area contributed by atoms with Crippen LogP contribution in [-0.4, -0.2) is 24.0 Å². The van der Waals surface area contributed by atoms with Gasteiger partial charge in [-0.25, -0.2) is 4.98 Å². The molecule has 148 valence electrons. The van der Waals surface area contributed by atoms with Crippen molar-refractivity contribution in [2.45, 2.75) is 13.8 Å². The highest BCUT2D eigenvalue weighted by Crippen LogP contribution is 2.35. The highest BCUT2D eigenvalue weighted by atomic mass is 127. The summed E-state index contributed by atoms with van der Waals surface area (Å²) in [5.74, 6) is 0.497. The minimum Gasteiger partial charge on any atom is -0.493 e. The van der Waals surface area contributed by atoms with Crippen molar-refractivity contribution < 1.29 is 23.8 Å². The van der Waals surface area contributed by atoms with Crippen LogP contribution in [0.2, 0.25) is 0 Å². The number of hydrogen-bond donors (Lipinski definition) is 0. The van der Waals surface area contributed by atoms with E-state index in [0.29, 0.717) is 22.9 Å². The van der Waals surface area contributed by atoms with Crippen LogP contribution in [0.3, 0.4) is 0 Å². The van der Waals surface area contributed by atoms with Crippen LogP contribution in [0.25, 0.3) is 23.1 Å². The number of para-hydroxylation sites is 1. The number of pyridine rings is 1. The number of hydrogen-bond acceptors (Lipinski definition) is 6. The Morgan fingerprint density at radius 2 is 1.69 bits per heavy atom. The number of carbonyl (C=O) groups excluding carboxylic acids is 2. The molecule has 0 aliphatic heterocycles. The largest absolute Gasteiger partial charge is 0.493 e. The lowest BCUT2D eigenvalue weighted by Gasteiger charge is -2.11. The third kappa shape index (κ3) is 5.11. The molecular formula is C22H18INO5. The summed E-state index contributed by atoms with van der Waals surface area (Å²) < 4.78 is 16.7. The predicted octanol–water partition coefficient (Wildman–Crippen LogP) is 4.87. The summed E-state index contributed by atoms with van der Waals surface area (Å²) in [6, 6.07) is 12.8. The van der Waals surface area contributed by atoms with Gasteiger partial charge in [0.1, 0.15) is 5.75 Å². The fraction of sp³-hybridized carbons (Fsp3) is 0.136. The third-order valence-electron chi connectivity index (χ3n) is 3.90. The second-order valence-corrected chi connectivity index (χ2v) is 7.28. The zero-order valence-corrected chi connectivity index (χ0v) is 18.2. The van der Waals surface area contributed by atoms with Gasteiger partial charge in [-0.2, -0.15) is 0 Å². The molecule has 0 radical (unpaired) electrons. The second kappa shape index (κ2) is 9.04. The second-order valence-electron chi connectivity index (χ2n) is 6.12. The molecule has 0 aliphatic rings. The minimum atomic E-state index is -0.414. The number of esters is 2. The van der Waals surface area contributed by atoms with Crippen LogP contribution in [0.5, 0.6) is 17.2 Å². The van der Waals surface area contributed by atoms with Crippen molar-refractivity contribution in [1.29, 1.82) is 0 Å². The maximum Gasteiger partial charge on any atom is 0.308 e. The van der Waals surface area contributed by atoms with Crippen LogP contribution in [-0.2, 0) is 9.59 Å². The topological polar surface area (TPSA) is 74.7 Å². The molecule has 0 amide bonds. The number of aromatic nitrogens is 1. The van der Waals surface area contributed by atoms with Crippen molar-refractivity contribution in [2.75, 3.05) is 7.11 Å². The molecule has 7 heteroatoms. The molecule has 0 fully saturated rings. The first-order chi connectivity index (χ1) is 13.9. The molecule has 0 atom stereocenters. The van der Waals surface area contributed by atoms with Gasteiger partial charge in [-0.3, -0.25) is 9.59 Å². The Hall–Kier alpha value is -2.94. The number of rotatable bonds is 5. The summed E-state index contributed by atoms with van der Waals surface area (Å²) in [7, 11) is 1.52. The van der Waals surface area contributed by atoms with Gasteiger partial charge < -0.3 is 14.2 Å². The Morgan fingerprint density at radius 3 is 2.38 bits per heavy atom. The zero-order valence-electron chi connectivity index (χ0n) is 16.1. The van der Waals surface area contributed by atoms with E-state index in [1.165, 1.54) is 21.0 Å². The lowest BCUT2D eigenvalue weighted by atomic mass is 10.1. The van der Waals surface area contributed by atoms with E-state index in [2.05, 4.69) is 27.6 Å². The molecule has 3 aromatic rings. The van der Waals surface area contributed by atoms with Gasteiger partial charge in [-0.1, -0.05) is 18.2 Å². The molecule has 1 aromatic heterocycles. The highest BCUT2D eigenvalue weighted by molar-refractivity contribution is 14.1. The van der Waals surface area contributed by atoms with Crippen molar-refractivity contribution in [3.63, 3.8) is 0 Å². The van der Waals surface area contributed by atoms with E-state index < -0.39 is 11.9 Å². The van der Waals surface area contributed by atoms with Crippen molar-refractivity contribution in [3.8, 4) is 17.2 Å². The number of carbonyl (C=O) groups is 2. The number of fused-ring (bicyclic) bond motifs is 1. The van der Waals surface area contributed by atoms with E-state index in [9.17, 15) is 9.59 Å². The Balaban J connectivity index is 1.99. The summed E-state index contributed by atoms with van der Waals surface area (Å²) in [5, 5.41) is 0.766. The number of nitrogens with zero attached hydrogens (tertiary/aromatic N) is 1. The van der Waals surface area contributed by atoms with Crippen molar-refractivity contribution in [3.05, 3.63) is 57.3 Å². The molecular weight excluding hydrogens is 485 g/mol. The van der Waals surface area contributed by atoms with Crippen LogP contribution in [0.4, 0.5) is 0 Å². The van der Waals surface area contributed by atoms with Gasteiger partial charge in [-0.05, 0) is 58.5 Å². The minimum absolute atomic E-state index is 0.388. The molecule has 0 saturated carbocycles. The van der Waals surface area contributed by atoms with E-state index in [-0.39, 0.29) is 0 Å². The SMILES string of the molecule is COc1cc(/C=C/c2cc(OC(C)=O)c3ccccc3n2)cc(I)c1OC(C)=O. The van der Waals surface area contributed by atoms with Crippen LogP contribution >= 0.6 is 22.6 Å². The first-order valence-corrected chi connectivity index (χ1v) is 9.77. The molecule has 29 heavy (non-hydrogen) atoms. The average molecular weight is 503 g/mol. The smallest absolute Gasteiger partial charge is 0.308 e. The summed E-state index contributed by atoms with van der Waals surface area (Å²) >= 11 is 2.09. The lowest BCUT2D eigenvalue weighted by molar-refractivity contribution is -0.132. The van der Waals surface area contributed by atoms with E-state index in [1.54, 1.807) is 12.1 Å². The predicted molar refractivity (Wildman–Crippen MR) is 119 cm³/mol. The highest BCUT2D eigenvalue weighted by Gasteiger charge is 2.13. The maximum atomic E-state index is 11.5. The molecule has 0 aliphatic carbocycles. The molecule has 0 spiro atoms. The average Bonchev–Trinajstić information content (AvgIpc) is 2.67. The van der Waals surface area contributed by atoms with E-state index in [1.807, 2.05) is 42.5 Å². The summed E-state index contributed by atoms with van der Waals surface area (Å²) in [6.07, 6.45) is 3.67. The van der Waals surface area contributed by atoms with Gasteiger partial charge in [0.25, 0.3) is 0 Å². The van der Waals surface area contributed by atoms with Gasteiger partial charge in [0.15, 0.2) is 11.5 Å². The van der Waals surface area contributed by atoms with Crippen molar-refractivity contribution in [1.82, 2.24) is 4.98 Å². The summed E-state index contributed by atoms with van der Waals surface area (Å²) in [4.78, 5) is 27.4. The van der Waals surface area contributed by atoms with Crippen LogP contribution in [0.1, 0.15) is 25.1 Å². The van der Waals surface area contributed by atoms with Crippen LogP contribution < -0.4 is 14.2 Å². The van der Waals surface area contributed by atoms with Crippen molar-refractivity contribution in [2.24, 2.45) is 0 Å². The Bertz CT molecular complexity index is 1120. The molecule has 6 nitrogen and oxygen atoms in total. The zero-order chi connectivity index (χ0) is 21.0. The normalized spacial score (nSPS) is 10.9. The fourth-order valence-corrected chi connectivity index (χ4v) is 3.48. The first kappa shape index (κ1) is 20.8. The lowest BCUT2D eigenvalue weighted by Crippen LogP contribution is -2.05. The Labute approximate surface area is 181 Å². The fourth-order valence-electron chi connectivity index (χ4n) is 2.75. The van der Waals surface area contributed by atoms with E-state index in [0.717, 1.165) is 20.0 Å². The van der Waals surface area contributed by atoms with Crippen molar-refractivity contribution >= 4 is 57.6 Å². The van der Waals surface area contributed by atoms with E-state index in [4.69, 9.17) is 14.2 Å². The molecule has 3 rings (SSSR count). The van der Waals surface area contributed by atoms with Gasteiger partial charge in [-0.15, -0.1) is 0 Å². The summed E-state index contributed by atoms with van der Waals surface area (Å²) in [5.41, 5.74) is 2.20. The number of halogens is 1. The third-order valence-corrected chi connectivity index (χ3v) is 4.70. The van der Waals surface area contributed by atoms with E-state index >= 15 is 0 Å². The monoisotopic (exact) mass is 503 g/mol. The Morgan fingerprint density at radius 1 is 0.966 bits per heavy atom. The molecule has 0 N–H and O–H groups in total. The first-order valence-electron chi connectivity index (χ1n) is 8.69. The maximum absolute atomic E-state index is 11.5. The molecule has 0 saturated heterocycles. The number of methoxy groups -OCH3 is 1. The number of ether oxygens (including phenoxy) is 3. The van der Waals surface area contributed by atoms with Gasteiger partial charge in [0.05, 0.1) is 21.9 Å². The van der Waals surface area contributed by atoms with Gasteiger partial charge >= 0.3 is 11.9 Å².